The maximum atomic E-state index is 14.0. The summed E-state index contributed by atoms with van der Waals surface area (Å²) in [5, 5.41) is 21.9. The van der Waals surface area contributed by atoms with E-state index in [0.29, 0.717) is 0 Å². The number of rotatable bonds is 3. The summed E-state index contributed by atoms with van der Waals surface area (Å²) in [4.78, 5) is 80.6. The molecule has 2 aromatic carbocycles. The molecule has 0 saturated carbocycles. The molecule has 12 nitrogen and oxygen atoms in total. The number of hydrogen-bond acceptors (Lipinski definition) is 12. The number of aryl methyl sites for hydroxylation is 1. The van der Waals surface area contributed by atoms with Crippen LogP contribution in [-0.2, 0) is 20.6 Å². The van der Waals surface area contributed by atoms with Gasteiger partial charge in [0, 0.05) is 17.5 Å². The fraction of sp³-hybridized carbons (Fsp3) is 0.200. The van der Waals surface area contributed by atoms with Gasteiger partial charge in [0.25, 0.3) is 0 Å². The Morgan fingerprint density at radius 1 is 0.762 bits per heavy atom. The van der Waals surface area contributed by atoms with Gasteiger partial charge in [-0.1, -0.05) is 0 Å². The first-order valence-corrected chi connectivity index (χ1v) is 12.6. The van der Waals surface area contributed by atoms with Crippen LogP contribution in [-0.4, -0.2) is 59.6 Å². The van der Waals surface area contributed by atoms with Crippen molar-refractivity contribution in [3.05, 3.63) is 90.4 Å². The fourth-order valence-electron chi connectivity index (χ4n) is 5.76. The Hall–Kier alpha value is -5.52. The van der Waals surface area contributed by atoms with E-state index in [1.807, 2.05) is 0 Å². The molecule has 3 aliphatic rings. The lowest BCUT2D eigenvalue weighted by atomic mass is 9.76. The van der Waals surface area contributed by atoms with Crippen molar-refractivity contribution < 1.29 is 52.8 Å². The molecule has 0 spiro atoms. The highest BCUT2D eigenvalue weighted by Crippen LogP contribution is 2.45. The van der Waals surface area contributed by atoms with Crippen LogP contribution < -0.4 is 5.63 Å². The molecule has 0 unspecified atom stereocenters. The Morgan fingerprint density at radius 2 is 1.31 bits per heavy atom. The number of benzene rings is 2. The minimum Gasteiger partial charge on any atom is -0.506 e. The summed E-state index contributed by atoms with van der Waals surface area (Å²) in [6.07, 6.45) is -0.397. The number of ether oxygens (including phenoxy) is 3. The van der Waals surface area contributed by atoms with Gasteiger partial charge in [-0.15, -0.1) is 0 Å². The number of hydrogen-bond donors (Lipinski definition) is 2. The summed E-state index contributed by atoms with van der Waals surface area (Å²) in [5.74, 6) is -7.83. The van der Waals surface area contributed by atoms with E-state index in [1.165, 1.54) is 25.1 Å². The zero-order valence-electron chi connectivity index (χ0n) is 22.5. The molecule has 0 saturated heterocycles. The maximum absolute atomic E-state index is 14.0. The van der Waals surface area contributed by atoms with Gasteiger partial charge < -0.3 is 28.8 Å². The second kappa shape index (κ2) is 8.99. The lowest BCUT2D eigenvalue weighted by Gasteiger charge is -2.28. The number of esters is 1. The van der Waals surface area contributed by atoms with Gasteiger partial charge in [0.1, 0.15) is 34.3 Å². The number of carbonyl (C=O) groups excluding carboxylic acids is 5. The Bertz CT molecular complexity index is 2000. The van der Waals surface area contributed by atoms with E-state index in [9.17, 15) is 39.0 Å². The van der Waals surface area contributed by atoms with Crippen molar-refractivity contribution in [1.82, 2.24) is 0 Å². The Kier molecular flexibility index (Phi) is 5.72. The summed E-state index contributed by atoms with van der Waals surface area (Å²) < 4.78 is 20.8. The number of allylic oxidation sites excluding steroid dienone is 4. The molecule has 1 aliphatic heterocycles. The molecular weight excluding hydrogens is 552 g/mol. The predicted molar refractivity (Wildman–Crippen MR) is 141 cm³/mol. The van der Waals surface area contributed by atoms with Gasteiger partial charge >= 0.3 is 11.6 Å². The highest BCUT2D eigenvalue weighted by atomic mass is 16.5. The minimum absolute atomic E-state index is 0.116. The Labute approximate surface area is 235 Å². The van der Waals surface area contributed by atoms with E-state index >= 15 is 0 Å². The number of cyclic esters (lactones) is 1. The first-order chi connectivity index (χ1) is 19.9. The number of Topliss-reactive ketones (excluding diaryl/α,β-unsaturated/α-hetero) is 4. The number of ketones is 4. The maximum Gasteiger partial charge on any atom is 0.347 e. The Balaban J connectivity index is 1.64. The summed E-state index contributed by atoms with van der Waals surface area (Å²) >= 11 is 0. The number of fused-ring (bicyclic) bond motifs is 4. The lowest BCUT2D eigenvalue weighted by molar-refractivity contribution is 0.0296. The zero-order valence-corrected chi connectivity index (χ0v) is 22.5. The highest BCUT2D eigenvalue weighted by molar-refractivity contribution is 6.38. The molecule has 1 aromatic heterocycles. The number of methoxy groups -OCH3 is 2. The van der Waals surface area contributed by atoms with Crippen LogP contribution in [0, 0.1) is 6.92 Å². The third-order valence-electron chi connectivity index (χ3n) is 7.47. The van der Waals surface area contributed by atoms with Crippen LogP contribution in [0.4, 0.5) is 0 Å². The summed E-state index contributed by atoms with van der Waals surface area (Å²) in [7, 11) is 2.13. The zero-order chi connectivity index (χ0) is 30.4. The van der Waals surface area contributed by atoms with Crippen LogP contribution in [0.15, 0.2) is 50.1 Å². The van der Waals surface area contributed by atoms with Crippen molar-refractivity contribution in [2.45, 2.75) is 26.4 Å². The first kappa shape index (κ1) is 26.7. The Morgan fingerprint density at radius 3 is 1.88 bits per heavy atom. The monoisotopic (exact) mass is 572 g/mol. The topological polar surface area (TPSA) is 184 Å². The van der Waals surface area contributed by atoms with E-state index < -0.39 is 86.1 Å². The van der Waals surface area contributed by atoms with E-state index in [2.05, 4.69) is 0 Å². The largest absolute Gasteiger partial charge is 0.506 e. The molecule has 0 bridgehead atoms. The number of phenols is 2. The van der Waals surface area contributed by atoms with Gasteiger partial charge in [0.15, 0.2) is 11.5 Å². The quantitative estimate of drug-likeness (QED) is 0.438. The van der Waals surface area contributed by atoms with Gasteiger partial charge in [0.2, 0.25) is 23.1 Å². The molecular formula is C30H20O12. The number of aromatic hydroxyl groups is 2. The van der Waals surface area contributed by atoms with E-state index in [4.69, 9.17) is 18.6 Å². The van der Waals surface area contributed by atoms with E-state index in [-0.39, 0.29) is 45.2 Å². The summed E-state index contributed by atoms with van der Waals surface area (Å²) in [5.41, 5.74) is -4.32. The number of carbonyl (C=O) groups is 5. The van der Waals surface area contributed by atoms with Crippen LogP contribution in [0.1, 0.15) is 70.0 Å². The van der Waals surface area contributed by atoms with Gasteiger partial charge in [0.05, 0.1) is 36.5 Å². The van der Waals surface area contributed by atoms with Crippen molar-refractivity contribution in [2.75, 3.05) is 14.2 Å². The second-order valence-corrected chi connectivity index (χ2v) is 9.99. The third-order valence-corrected chi connectivity index (χ3v) is 7.47. The van der Waals surface area contributed by atoms with Crippen LogP contribution in [0.5, 0.6) is 11.5 Å². The van der Waals surface area contributed by atoms with Crippen molar-refractivity contribution in [2.24, 2.45) is 0 Å². The van der Waals surface area contributed by atoms with Crippen molar-refractivity contribution in [3.8, 4) is 11.5 Å². The molecule has 2 N–H and O–H groups in total. The molecule has 42 heavy (non-hydrogen) atoms. The molecule has 1 atom stereocenters. The normalized spacial score (nSPS) is 18.2. The number of phenolic OH excluding ortho intramolecular Hbond substituents is 2. The average molecular weight is 572 g/mol. The van der Waals surface area contributed by atoms with Crippen LogP contribution in [0.25, 0.3) is 10.8 Å². The van der Waals surface area contributed by atoms with Crippen LogP contribution in [0.2, 0.25) is 0 Å². The van der Waals surface area contributed by atoms with Crippen molar-refractivity contribution in [1.29, 1.82) is 0 Å². The van der Waals surface area contributed by atoms with Gasteiger partial charge in [-0.25, -0.2) is 9.59 Å². The fourth-order valence-corrected chi connectivity index (χ4v) is 5.76. The first-order valence-electron chi connectivity index (χ1n) is 12.6. The molecule has 2 aliphatic carbocycles. The SMILES string of the molecule is COC1=C(C2=C(OC)C(=O)c3cc4cc(C)oc(=O)c4c(O)c3C2=O)C(=O)c2c(cc3c(c2O)C(=O)O[C@H](C)C3)C1=O. The van der Waals surface area contributed by atoms with Crippen molar-refractivity contribution >= 4 is 39.9 Å². The molecule has 12 heteroatoms. The molecule has 2 heterocycles. The smallest absolute Gasteiger partial charge is 0.347 e. The van der Waals surface area contributed by atoms with Gasteiger partial charge in [-0.2, -0.15) is 0 Å². The molecule has 212 valence electrons. The van der Waals surface area contributed by atoms with E-state index in [1.54, 1.807) is 6.92 Å². The third kappa shape index (κ3) is 3.41. The molecule has 0 radical (unpaired) electrons. The molecule has 3 aromatic rings. The predicted octanol–water partition coefficient (Wildman–Crippen LogP) is 2.87. The highest BCUT2D eigenvalue weighted by Gasteiger charge is 2.47. The molecule has 6 rings (SSSR count). The summed E-state index contributed by atoms with van der Waals surface area (Å²) in [6.45, 7) is 3.10. The lowest BCUT2D eigenvalue weighted by Crippen LogP contribution is -2.33. The van der Waals surface area contributed by atoms with Crippen LogP contribution in [0.3, 0.4) is 0 Å². The van der Waals surface area contributed by atoms with Gasteiger partial charge in [-0.3, -0.25) is 19.2 Å². The molecule has 0 amide bonds. The van der Waals surface area contributed by atoms with Crippen LogP contribution >= 0.6 is 0 Å². The van der Waals surface area contributed by atoms with E-state index in [0.717, 1.165) is 14.2 Å². The second-order valence-electron chi connectivity index (χ2n) is 9.99. The standard InChI is InChI=1S/C30H20O12/c1-9-5-11-7-13-17(23(33)15(11)29(37)41-9)25(35)19(27(39-3)21(13)31)20-26(36)18-14(22(32)28(20)40-4)8-12-6-10(2)42-30(38)16(12)24(18)34/h5,7-8,10,33-34H,6H2,1-4H3/t10-/m1/s1. The molecule has 0 fully saturated rings. The minimum atomic E-state index is -1.14. The summed E-state index contributed by atoms with van der Waals surface area (Å²) in [6, 6.07) is 3.89. The van der Waals surface area contributed by atoms with Crippen molar-refractivity contribution in [3.63, 3.8) is 0 Å². The average Bonchev–Trinajstić information content (AvgIpc) is 2.91. The van der Waals surface area contributed by atoms with Gasteiger partial charge in [-0.05, 0) is 43.0 Å².